The minimum absolute atomic E-state index is 0.0189. The van der Waals surface area contributed by atoms with Crippen LogP contribution in [0.3, 0.4) is 0 Å². The number of methoxy groups -OCH3 is 1. The third-order valence-electron chi connectivity index (χ3n) is 5.49. The van der Waals surface area contributed by atoms with Gasteiger partial charge in [0.05, 0.1) is 19.3 Å². The van der Waals surface area contributed by atoms with Crippen molar-refractivity contribution >= 4 is 17.8 Å². The second-order valence-corrected chi connectivity index (χ2v) is 8.14. The van der Waals surface area contributed by atoms with Crippen molar-refractivity contribution in [2.45, 2.75) is 63.1 Å². The van der Waals surface area contributed by atoms with Gasteiger partial charge in [-0.2, -0.15) is 0 Å². The van der Waals surface area contributed by atoms with Gasteiger partial charge in [-0.25, -0.2) is 22.8 Å². The monoisotopic (exact) mass is 502 g/mol. The average Bonchev–Trinajstić information content (AvgIpc) is 3.34. The third-order valence-corrected chi connectivity index (χ3v) is 5.49. The molecular weight excluding hydrogens is 473 g/mol. The van der Waals surface area contributed by atoms with Crippen molar-refractivity contribution in [3.05, 3.63) is 35.7 Å². The summed E-state index contributed by atoms with van der Waals surface area (Å²) in [5, 5.41) is 21.5. The lowest BCUT2D eigenvalue weighted by atomic mass is 9.94. The van der Waals surface area contributed by atoms with Crippen LogP contribution in [0, 0.1) is 5.82 Å². The van der Waals surface area contributed by atoms with E-state index in [9.17, 15) is 27.6 Å². The second kappa shape index (κ2) is 13.0. The molecule has 2 fully saturated rings. The van der Waals surface area contributed by atoms with Gasteiger partial charge in [-0.05, 0) is 38.3 Å². The summed E-state index contributed by atoms with van der Waals surface area (Å²) in [4.78, 5) is 31.2. The molecule has 0 aromatic heterocycles. The molecule has 194 valence electrons. The Bertz CT molecular complexity index is 908. The van der Waals surface area contributed by atoms with Crippen LogP contribution < -0.4 is 20.1 Å². The number of hydrogen-bond donors (Lipinski definition) is 4. The maximum atomic E-state index is 14.4. The first-order valence-corrected chi connectivity index (χ1v) is 11.1. The van der Waals surface area contributed by atoms with Crippen molar-refractivity contribution < 1.29 is 47.2 Å². The highest BCUT2D eigenvalue weighted by Crippen LogP contribution is 2.36. The number of hydrogen-bond acceptors (Lipinski definition) is 6. The Morgan fingerprint density at radius 3 is 2.26 bits per heavy atom. The molecular formula is C23H29F3N2O7. The number of aliphatic carboxylic acids is 2. The maximum absolute atomic E-state index is 14.4. The van der Waals surface area contributed by atoms with Crippen molar-refractivity contribution in [2.75, 3.05) is 13.7 Å². The maximum Gasteiger partial charge on any atom is 0.328 e. The Kier molecular flexibility index (Phi) is 10.4. The van der Waals surface area contributed by atoms with Crippen LogP contribution in [-0.4, -0.2) is 59.8 Å². The summed E-state index contributed by atoms with van der Waals surface area (Å²) >= 11 is 0. The van der Waals surface area contributed by atoms with Gasteiger partial charge < -0.3 is 30.3 Å². The number of carbonyl (C=O) groups excluding carboxylic acids is 1. The molecule has 0 unspecified atom stereocenters. The lowest BCUT2D eigenvalue weighted by Crippen LogP contribution is -2.40. The summed E-state index contributed by atoms with van der Waals surface area (Å²) < 4.78 is 51.8. The van der Waals surface area contributed by atoms with E-state index in [4.69, 9.17) is 19.7 Å². The minimum atomic E-state index is -2.66. The molecule has 9 nitrogen and oxygen atoms in total. The normalized spacial score (nSPS) is 19.5. The van der Waals surface area contributed by atoms with Crippen LogP contribution in [0.4, 0.5) is 13.2 Å². The van der Waals surface area contributed by atoms with E-state index in [1.807, 2.05) is 0 Å². The fraction of sp³-hybridized carbons (Fsp3) is 0.522. The van der Waals surface area contributed by atoms with Crippen molar-refractivity contribution in [1.82, 2.24) is 10.6 Å². The molecule has 1 amide bonds. The van der Waals surface area contributed by atoms with E-state index in [-0.39, 0.29) is 49.9 Å². The number of benzene rings is 1. The first-order valence-electron chi connectivity index (χ1n) is 11.1. The molecule has 35 heavy (non-hydrogen) atoms. The molecule has 1 aromatic carbocycles. The SMILES string of the molecule is COc1cc(OC2CCC(F)(F)CC2)c(F)cc1CNC(=O)[C@@H]1CCCN1.O=C(O)/C=C/C(=O)O. The first-order chi connectivity index (χ1) is 16.5. The van der Waals surface area contributed by atoms with E-state index in [0.29, 0.717) is 23.5 Å². The molecule has 1 heterocycles. The molecule has 3 rings (SSSR count). The highest BCUT2D eigenvalue weighted by molar-refractivity contribution is 5.89. The van der Waals surface area contributed by atoms with Gasteiger partial charge in [0.25, 0.3) is 0 Å². The number of rotatable bonds is 8. The van der Waals surface area contributed by atoms with Gasteiger partial charge in [-0.1, -0.05) is 0 Å². The summed E-state index contributed by atoms with van der Waals surface area (Å²) in [6.07, 6.45) is 2.26. The lowest BCUT2D eigenvalue weighted by Gasteiger charge is -2.29. The number of nitrogens with one attached hydrogen (secondary N) is 2. The van der Waals surface area contributed by atoms with Crippen LogP contribution in [0.25, 0.3) is 0 Å². The number of alkyl halides is 2. The standard InChI is InChI=1S/C19H25F3N2O3.C4H4O4/c1-26-16-10-17(27-13-4-6-19(21,22)7-5-13)14(20)9-12(16)11-24-18(25)15-3-2-8-23-15;5-3(6)1-2-4(7)8/h9-10,13,15,23H,2-8,11H2,1H3,(H,24,25);1-2H,(H,5,6)(H,7,8)/b;2-1+/t15-;/m0./s1. The second-order valence-electron chi connectivity index (χ2n) is 8.14. The molecule has 1 aliphatic carbocycles. The largest absolute Gasteiger partial charge is 0.496 e. The topological polar surface area (TPSA) is 134 Å². The van der Waals surface area contributed by atoms with E-state index >= 15 is 0 Å². The molecule has 0 bridgehead atoms. The van der Waals surface area contributed by atoms with E-state index < -0.39 is 29.8 Å². The fourth-order valence-corrected chi connectivity index (χ4v) is 3.66. The molecule has 1 saturated carbocycles. The zero-order valence-corrected chi connectivity index (χ0v) is 19.2. The first kappa shape index (κ1) is 28.0. The lowest BCUT2D eigenvalue weighted by molar-refractivity contribution is -0.134. The Morgan fingerprint density at radius 2 is 1.74 bits per heavy atom. The van der Waals surface area contributed by atoms with Gasteiger partial charge in [-0.15, -0.1) is 0 Å². The molecule has 1 aliphatic heterocycles. The van der Waals surface area contributed by atoms with Crippen molar-refractivity contribution in [1.29, 1.82) is 0 Å². The van der Waals surface area contributed by atoms with E-state index in [0.717, 1.165) is 19.4 Å². The van der Waals surface area contributed by atoms with E-state index in [2.05, 4.69) is 10.6 Å². The number of amides is 1. The van der Waals surface area contributed by atoms with E-state index in [1.165, 1.54) is 19.2 Å². The Balaban J connectivity index is 0.000000466. The zero-order valence-electron chi connectivity index (χ0n) is 19.2. The molecule has 2 aliphatic rings. The van der Waals surface area contributed by atoms with E-state index in [1.54, 1.807) is 0 Å². The van der Waals surface area contributed by atoms with Crippen LogP contribution in [0.15, 0.2) is 24.3 Å². The predicted octanol–water partition coefficient (Wildman–Crippen LogP) is 2.87. The quantitative estimate of drug-likeness (QED) is 0.399. The van der Waals surface area contributed by atoms with Crippen molar-refractivity contribution in [3.8, 4) is 11.5 Å². The Morgan fingerprint density at radius 1 is 1.11 bits per heavy atom. The molecule has 0 radical (unpaired) electrons. The van der Waals surface area contributed by atoms with Gasteiger partial charge in [0.15, 0.2) is 11.6 Å². The Hall–Kier alpha value is -3.28. The number of carboxylic acids is 2. The van der Waals surface area contributed by atoms with Crippen LogP contribution in [0.1, 0.15) is 44.1 Å². The average molecular weight is 502 g/mol. The third kappa shape index (κ3) is 9.47. The molecule has 1 aromatic rings. The fourth-order valence-electron chi connectivity index (χ4n) is 3.66. The summed E-state index contributed by atoms with van der Waals surface area (Å²) in [6.45, 7) is 0.947. The number of carbonyl (C=O) groups is 3. The molecule has 0 spiro atoms. The summed E-state index contributed by atoms with van der Waals surface area (Å²) in [5.41, 5.74) is 0.490. The zero-order chi connectivity index (χ0) is 26.0. The van der Waals surface area contributed by atoms with Crippen LogP contribution in [-0.2, 0) is 20.9 Å². The van der Waals surface area contributed by atoms with Crippen LogP contribution in [0.2, 0.25) is 0 Å². The van der Waals surface area contributed by atoms with Crippen molar-refractivity contribution in [3.63, 3.8) is 0 Å². The van der Waals surface area contributed by atoms with Gasteiger partial charge in [0.2, 0.25) is 11.8 Å². The van der Waals surface area contributed by atoms with Crippen LogP contribution >= 0.6 is 0 Å². The molecule has 4 N–H and O–H groups in total. The summed E-state index contributed by atoms with van der Waals surface area (Å²) in [5.74, 6) is -5.54. The van der Waals surface area contributed by atoms with Gasteiger partial charge in [-0.3, -0.25) is 4.79 Å². The highest BCUT2D eigenvalue weighted by atomic mass is 19.3. The Labute approximate surface area is 200 Å². The summed E-state index contributed by atoms with van der Waals surface area (Å²) in [6, 6.07) is 2.46. The van der Waals surface area contributed by atoms with Gasteiger partial charge in [0.1, 0.15) is 5.75 Å². The number of halogens is 3. The smallest absolute Gasteiger partial charge is 0.328 e. The summed E-state index contributed by atoms with van der Waals surface area (Å²) in [7, 11) is 1.45. The van der Waals surface area contributed by atoms with Gasteiger partial charge >= 0.3 is 11.9 Å². The molecule has 12 heteroatoms. The van der Waals surface area contributed by atoms with Crippen molar-refractivity contribution in [2.24, 2.45) is 0 Å². The predicted molar refractivity (Wildman–Crippen MR) is 118 cm³/mol. The molecule has 1 saturated heterocycles. The number of ether oxygens (including phenoxy) is 2. The minimum Gasteiger partial charge on any atom is -0.496 e. The highest BCUT2D eigenvalue weighted by Gasteiger charge is 2.36. The number of carboxylic acid groups (broad SMARTS) is 2. The van der Waals surface area contributed by atoms with Gasteiger partial charge in [0, 0.05) is 43.2 Å². The molecule has 1 atom stereocenters. The van der Waals surface area contributed by atoms with Crippen LogP contribution in [0.5, 0.6) is 11.5 Å².